The number of hydrogen-bond acceptors (Lipinski definition) is 7. The average Bonchev–Trinajstić information content (AvgIpc) is 3.61. The molecule has 0 aromatic heterocycles. The van der Waals surface area contributed by atoms with Crippen molar-refractivity contribution in [3.05, 3.63) is 64.4 Å². The van der Waals surface area contributed by atoms with Gasteiger partial charge in [0, 0.05) is 18.2 Å². The molecule has 1 aliphatic carbocycles. The van der Waals surface area contributed by atoms with Gasteiger partial charge in [-0.1, -0.05) is 10.5 Å². The summed E-state index contributed by atoms with van der Waals surface area (Å²) in [6, 6.07) is 6.67. The van der Waals surface area contributed by atoms with Gasteiger partial charge in [-0.15, -0.1) is 5.10 Å². The smallest absolute Gasteiger partial charge is 0.190 e. The Balaban J connectivity index is 1.74. The van der Waals surface area contributed by atoms with Gasteiger partial charge >= 0.3 is 0 Å². The zero-order valence-electron chi connectivity index (χ0n) is 17.8. The SMILES string of the molecule is CNCCOC1=C(c2cc(F)cc(N(F)c3ccc(C4CC4)cc3F)c2C)NNN=C1N. The zero-order valence-corrected chi connectivity index (χ0v) is 17.8. The van der Waals surface area contributed by atoms with Gasteiger partial charge in [-0.25, -0.2) is 14.3 Å². The van der Waals surface area contributed by atoms with Crippen LogP contribution >= 0.6 is 0 Å². The van der Waals surface area contributed by atoms with E-state index >= 15 is 4.48 Å². The number of nitrogens with zero attached hydrogens (tertiary/aromatic N) is 2. The fourth-order valence-corrected chi connectivity index (χ4v) is 3.58. The first-order valence-corrected chi connectivity index (χ1v) is 10.3. The Kier molecular flexibility index (Phi) is 6.13. The lowest BCUT2D eigenvalue weighted by Crippen LogP contribution is -2.38. The lowest BCUT2D eigenvalue weighted by Gasteiger charge is -2.24. The summed E-state index contributed by atoms with van der Waals surface area (Å²) in [7, 11) is 1.77. The van der Waals surface area contributed by atoms with Crippen molar-refractivity contribution in [1.82, 2.24) is 16.3 Å². The first-order chi connectivity index (χ1) is 15.4. The predicted octanol–water partition coefficient (Wildman–Crippen LogP) is 3.46. The maximum absolute atomic E-state index is 15.4. The third-order valence-electron chi connectivity index (χ3n) is 5.47. The minimum absolute atomic E-state index is 0.0545. The van der Waals surface area contributed by atoms with Crippen LogP contribution in [-0.4, -0.2) is 26.0 Å². The number of benzene rings is 2. The molecule has 2 aromatic rings. The summed E-state index contributed by atoms with van der Waals surface area (Å²) in [5.74, 6) is -0.822. The number of nitrogens with two attached hydrogens (primary N) is 1. The number of hydrogen-bond donors (Lipinski definition) is 4. The van der Waals surface area contributed by atoms with Crippen LogP contribution in [0.4, 0.5) is 24.6 Å². The zero-order chi connectivity index (χ0) is 22.8. The quantitative estimate of drug-likeness (QED) is 0.367. The minimum atomic E-state index is -0.705. The average molecular weight is 446 g/mol. The van der Waals surface area contributed by atoms with Crippen LogP contribution < -0.4 is 27.1 Å². The molecule has 0 atom stereocenters. The summed E-state index contributed by atoms with van der Waals surface area (Å²) >= 11 is 0. The van der Waals surface area contributed by atoms with E-state index in [4.69, 9.17) is 10.5 Å². The molecule has 0 spiro atoms. The Morgan fingerprint density at radius 1 is 1.22 bits per heavy atom. The molecule has 0 amide bonds. The van der Waals surface area contributed by atoms with Gasteiger partial charge in [-0.2, -0.15) is 5.12 Å². The van der Waals surface area contributed by atoms with Crippen LogP contribution in [0.15, 0.2) is 41.2 Å². The number of hydrazine groups is 1. The van der Waals surface area contributed by atoms with Gasteiger partial charge in [0.15, 0.2) is 11.6 Å². The van der Waals surface area contributed by atoms with Crippen molar-refractivity contribution < 1.29 is 18.0 Å². The summed E-state index contributed by atoms with van der Waals surface area (Å²) in [6.07, 6.45) is 2.01. The number of anilines is 2. The van der Waals surface area contributed by atoms with E-state index in [1.807, 2.05) is 0 Å². The maximum atomic E-state index is 15.4. The molecule has 0 saturated heterocycles. The normalized spacial score (nSPS) is 15.7. The van der Waals surface area contributed by atoms with Crippen molar-refractivity contribution in [3.63, 3.8) is 0 Å². The highest BCUT2D eigenvalue weighted by atomic mass is 19.2. The van der Waals surface area contributed by atoms with Gasteiger partial charge < -0.3 is 15.8 Å². The highest BCUT2D eigenvalue weighted by molar-refractivity contribution is 6.02. The highest BCUT2D eigenvalue weighted by Crippen LogP contribution is 2.42. The Hall–Kier alpha value is -3.40. The molecule has 1 aliphatic heterocycles. The van der Waals surface area contributed by atoms with Gasteiger partial charge in [-0.05, 0) is 62.1 Å². The van der Waals surface area contributed by atoms with Crippen molar-refractivity contribution in [2.75, 3.05) is 25.3 Å². The van der Waals surface area contributed by atoms with Gasteiger partial charge in [0.25, 0.3) is 0 Å². The number of halogens is 3. The fourth-order valence-electron chi connectivity index (χ4n) is 3.58. The van der Waals surface area contributed by atoms with Gasteiger partial charge in [0.1, 0.15) is 29.6 Å². The summed E-state index contributed by atoms with van der Waals surface area (Å²) in [5, 5.41) is 6.96. The van der Waals surface area contributed by atoms with E-state index < -0.39 is 11.6 Å². The Bertz CT molecular complexity index is 1080. The number of ether oxygens (including phenoxy) is 1. The first kappa shape index (κ1) is 21.8. The highest BCUT2D eigenvalue weighted by Gasteiger charge is 2.27. The van der Waals surface area contributed by atoms with E-state index in [9.17, 15) is 8.78 Å². The van der Waals surface area contributed by atoms with Crippen LogP contribution in [0.25, 0.3) is 5.70 Å². The fraction of sp³-hybridized carbons (Fsp3) is 0.318. The van der Waals surface area contributed by atoms with Crippen LogP contribution in [-0.2, 0) is 4.74 Å². The second kappa shape index (κ2) is 8.99. The van der Waals surface area contributed by atoms with E-state index in [-0.39, 0.29) is 34.7 Å². The standard InChI is InChI=1S/C22H25F3N6O/c1-12-16(20-21(32-8-7-27-2)22(26)29-30-28-20)10-15(23)11-19(12)31(25)18-6-5-14(9-17(18)24)13-3-4-13/h5-6,9-11,13,27-28,30H,3-4,7-8H2,1-2H3,(H2,26,29). The molecule has 1 fully saturated rings. The molecular formula is C22H25F3N6O. The lowest BCUT2D eigenvalue weighted by atomic mass is 10.0. The third kappa shape index (κ3) is 4.31. The molecule has 7 nitrogen and oxygen atoms in total. The second-order valence-corrected chi connectivity index (χ2v) is 7.75. The second-order valence-electron chi connectivity index (χ2n) is 7.75. The molecule has 2 aromatic carbocycles. The van der Waals surface area contributed by atoms with Crippen molar-refractivity contribution >= 4 is 22.9 Å². The molecule has 1 saturated carbocycles. The van der Waals surface area contributed by atoms with E-state index in [1.165, 1.54) is 18.2 Å². The van der Waals surface area contributed by atoms with Crippen molar-refractivity contribution in [1.29, 1.82) is 0 Å². The number of rotatable bonds is 8. The Morgan fingerprint density at radius 3 is 2.69 bits per heavy atom. The first-order valence-electron chi connectivity index (χ1n) is 10.3. The van der Waals surface area contributed by atoms with Gasteiger partial charge in [-0.3, -0.25) is 5.43 Å². The van der Waals surface area contributed by atoms with Crippen LogP contribution in [0.2, 0.25) is 0 Å². The van der Waals surface area contributed by atoms with Crippen molar-refractivity contribution in [2.45, 2.75) is 25.7 Å². The van der Waals surface area contributed by atoms with Gasteiger partial charge in [0.05, 0.1) is 5.69 Å². The van der Waals surface area contributed by atoms with Crippen LogP contribution in [0.5, 0.6) is 0 Å². The Labute approximate surface area is 184 Å². The largest absolute Gasteiger partial charge is 0.486 e. The monoisotopic (exact) mass is 446 g/mol. The summed E-state index contributed by atoms with van der Waals surface area (Å²) in [5.41, 5.74) is 12.6. The topological polar surface area (TPSA) is 86.9 Å². The van der Waals surface area contributed by atoms with Gasteiger partial charge in [0.2, 0.25) is 0 Å². The number of amidine groups is 1. The molecule has 10 heteroatoms. The number of hydrazone groups is 1. The van der Waals surface area contributed by atoms with Crippen LogP contribution in [0.1, 0.15) is 35.4 Å². The van der Waals surface area contributed by atoms with Crippen molar-refractivity contribution in [3.8, 4) is 0 Å². The minimum Gasteiger partial charge on any atom is -0.486 e. The molecule has 2 aliphatic rings. The molecule has 0 bridgehead atoms. The van der Waals surface area contributed by atoms with Crippen LogP contribution in [0.3, 0.4) is 0 Å². The summed E-state index contributed by atoms with van der Waals surface area (Å²) in [4.78, 5) is 0. The number of nitrogens with one attached hydrogen (secondary N) is 3. The van der Waals surface area contributed by atoms with Crippen LogP contribution in [0, 0.1) is 18.6 Å². The maximum Gasteiger partial charge on any atom is 0.190 e. The molecule has 1 heterocycles. The van der Waals surface area contributed by atoms with E-state index in [0.29, 0.717) is 29.3 Å². The molecule has 5 N–H and O–H groups in total. The molecule has 4 rings (SSSR count). The summed E-state index contributed by atoms with van der Waals surface area (Å²) in [6.45, 7) is 2.43. The van der Waals surface area contributed by atoms with E-state index in [1.54, 1.807) is 20.0 Å². The summed E-state index contributed by atoms with van der Waals surface area (Å²) < 4.78 is 50.3. The third-order valence-corrected chi connectivity index (χ3v) is 5.47. The molecule has 32 heavy (non-hydrogen) atoms. The molecular weight excluding hydrogens is 421 g/mol. The molecule has 0 radical (unpaired) electrons. The molecule has 0 unspecified atom stereocenters. The number of likely N-dealkylation sites (N-methyl/N-ethyl adjacent to an activating group) is 1. The van der Waals surface area contributed by atoms with E-state index in [0.717, 1.165) is 24.5 Å². The molecule has 170 valence electrons. The lowest BCUT2D eigenvalue weighted by molar-refractivity contribution is 0.231. The van der Waals surface area contributed by atoms with Crippen molar-refractivity contribution in [2.24, 2.45) is 10.8 Å². The Morgan fingerprint density at radius 2 is 2.00 bits per heavy atom. The van der Waals surface area contributed by atoms with E-state index in [2.05, 4.69) is 21.4 Å². The predicted molar refractivity (Wildman–Crippen MR) is 117 cm³/mol.